The van der Waals surface area contributed by atoms with Crippen molar-refractivity contribution in [2.45, 2.75) is 46.3 Å². The van der Waals surface area contributed by atoms with Crippen molar-refractivity contribution in [3.8, 4) is 0 Å². The topological polar surface area (TPSA) is 35.5 Å². The van der Waals surface area contributed by atoms with Gasteiger partial charge in [-0.05, 0) is 44.4 Å². The summed E-state index contributed by atoms with van der Waals surface area (Å²) in [5, 5.41) is 0. The fourth-order valence-corrected chi connectivity index (χ4v) is 4.00. The zero-order chi connectivity index (χ0) is 12.5. The van der Waals surface area contributed by atoms with Crippen LogP contribution >= 0.6 is 0 Å². The minimum atomic E-state index is -0.199. The van der Waals surface area contributed by atoms with E-state index in [1.54, 1.807) is 0 Å². The highest BCUT2D eigenvalue weighted by Gasteiger charge is 2.58. The molecule has 4 unspecified atom stereocenters. The Hall–Kier alpha value is -0.410. The zero-order valence-corrected chi connectivity index (χ0v) is 11.1. The maximum absolute atomic E-state index is 11.4. The van der Waals surface area contributed by atoms with Gasteiger partial charge < -0.3 is 14.3 Å². The highest BCUT2D eigenvalue weighted by Crippen LogP contribution is 2.61. The average molecular weight is 240 g/mol. The monoisotopic (exact) mass is 240 g/mol. The normalized spacial score (nSPS) is 40.1. The van der Waals surface area contributed by atoms with E-state index in [-0.39, 0.29) is 23.5 Å². The number of aldehydes is 1. The molecule has 0 aromatic rings. The largest absolute Gasteiger partial charge is 0.353 e. The summed E-state index contributed by atoms with van der Waals surface area (Å²) < 4.78 is 11.5. The number of hydrogen-bond acceptors (Lipinski definition) is 3. The quantitative estimate of drug-likeness (QED) is 0.529. The van der Waals surface area contributed by atoms with Crippen LogP contribution in [0, 0.1) is 23.2 Å². The fourth-order valence-electron chi connectivity index (χ4n) is 4.00. The minimum absolute atomic E-state index is 0.136. The van der Waals surface area contributed by atoms with Crippen LogP contribution in [0.1, 0.15) is 40.0 Å². The summed E-state index contributed by atoms with van der Waals surface area (Å²) in [6.45, 7) is 7.56. The van der Waals surface area contributed by atoms with Crippen LogP contribution in [0.25, 0.3) is 0 Å². The van der Waals surface area contributed by atoms with Crippen LogP contribution in [-0.2, 0) is 14.3 Å². The van der Waals surface area contributed by atoms with Crippen molar-refractivity contribution in [1.29, 1.82) is 0 Å². The molecule has 4 atom stereocenters. The predicted molar refractivity (Wildman–Crippen MR) is 65.5 cm³/mol. The smallest absolute Gasteiger partial charge is 0.161 e. The highest BCUT2D eigenvalue weighted by molar-refractivity contribution is 5.56. The van der Waals surface area contributed by atoms with E-state index in [1.807, 2.05) is 13.8 Å². The SMILES string of the molecule is CCOC(OCC)C1C(C=O)C2CCC1(C)C2. The van der Waals surface area contributed by atoms with E-state index >= 15 is 0 Å². The van der Waals surface area contributed by atoms with E-state index in [0.29, 0.717) is 19.1 Å². The molecule has 0 saturated heterocycles. The van der Waals surface area contributed by atoms with Crippen molar-refractivity contribution in [3.63, 3.8) is 0 Å². The van der Waals surface area contributed by atoms with Gasteiger partial charge in [0.25, 0.3) is 0 Å². The number of carbonyl (C=O) groups excluding carboxylic acids is 1. The third-order valence-corrected chi connectivity index (χ3v) is 4.69. The number of fused-ring (bicyclic) bond motifs is 2. The predicted octanol–water partition coefficient (Wildman–Crippen LogP) is 2.64. The molecule has 0 radical (unpaired) electrons. The number of hydrogen-bond donors (Lipinski definition) is 0. The molecule has 17 heavy (non-hydrogen) atoms. The molecule has 0 spiro atoms. The first kappa shape index (κ1) is 13.0. The van der Waals surface area contributed by atoms with Crippen molar-refractivity contribution >= 4 is 6.29 Å². The van der Waals surface area contributed by atoms with Crippen LogP contribution in [-0.4, -0.2) is 25.8 Å². The lowest BCUT2D eigenvalue weighted by atomic mass is 9.71. The molecule has 0 aromatic carbocycles. The third kappa shape index (κ3) is 2.15. The molecule has 2 rings (SSSR count). The Kier molecular flexibility index (Phi) is 3.88. The second-order valence-corrected chi connectivity index (χ2v) is 5.68. The van der Waals surface area contributed by atoms with Gasteiger partial charge in [0, 0.05) is 25.0 Å². The van der Waals surface area contributed by atoms with Crippen LogP contribution in [0.4, 0.5) is 0 Å². The molecule has 2 aliphatic rings. The summed E-state index contributed by atoms with van der Waals surface area (Å²) in [4.78, 5) is 11.4. The van der Waals surface area contributed by atoms with Gasteiger partial charge in [-0.2, -0.15) is 0 Å². The molecular formula is C14H24O3. The van der Waals surface area contributed by atoms with E-state index in [9.17, 15) is 4.79 Å². The van der Waals surface area contributed by atoms with Gasteiger partial charge in [0.15, 0.2) is 6.29 Å². The Balaban J connectivity index is 2.18. The summed E-state index contributed by atoms with van der Waals surface area (Å²) in [6.07, 6.45) is 4.52. The Morgan fingerprint density at radius 1 is 1.35 bits per heavy atom. The number of rotatable bonds is 6. The molecule has 0 N–H and O–H groups in total. The zero-order valence-electron chi connectivity index (χ0n) is 11.1. The Labute approximate surface area is 104 Å². The molecule has 2 aliphatic carbocycles. The third-order valence-electron chi connectivity index (χ3n) is 4.69. The van der Waals surface area contributed by atoms with E-state index < -0.39 is 0 Å². The second-order valence-electron chi connectivity index (χ2n) is 5.68. The maximum atomic E-state index is 11.4. The molecule has 0 heterocycles. The van der Waals surface area contributed by atoms with Crippen molar-refractivity contribution in [2.75, 3.05) is 13.2 Å². The van der Waals surface area contributed by atoms with Crippen LogP contribution in [0.5, 0.6) is 0 Å². The van der Waals surface area contributed by atoms with Gasteiger partial charge >= 0.3 is 0 Å². The first-order valence-electron chi connectivity index (χ1n) is 6.84. The van der Waals surface area contributed by atoms with Crippen LogP contribution in [0.15, 0.2) is 0 Å². The van der Waals surface area contributed by atoms with Crippen molar-refractivity contribution in [3.05, 3.63) is 0 Å². The molecular weight excluding hydrogens is 216 g/mol. The lowest BCUT2D eigenvalue weighted by Crippen LogP contribution is -2.41. The summed E-state index contributed by atoms with van der Waals surface area (Å²) in [6, 6.07) is 0. The molecule has 2 bridgehead atoms. The average Bonchev–Trinajstić information content (AvgIpc) is 2.81. The Morgan fingerprint density at radius 3 is 2.53 bits per heavy atom. The number of carbonyl (C=O) groups is 1. The molecule has 0 amide bonds. The Bertz CT molecular complexity index is 273. The summed E-state index contributed by atoms with van der Waals surface area (Å²) in [5.74, 6) is 0.946. The summed E-state index contributed by atoms with van der Waals surface area (Å²) in [7, 11) is 0. The Morgan fingerprint density at radius 2 is 2.00 bits per heavy atom. The molecule has 3 heteroatoms. The molecule has 0 aromatic heterocycles. The van der Waals surface area contributed by atoms with Gasteiger partial charge in [-0.1, -0.05) is 6.92 Å². The van der Waals surface area contributed by atoms with Gasteiger partial charge in [-0.3, -0.25) is 0 Å². The van der Waals surface area contributed by atoms with E-state index in [2.05, 4.69) is 6.92 Å². The van der Waals surface area contributed by atoms with Gasteiger partial charge in [-0.25, -0.2) is 0 Å². The first-order chi connectivity index (χ1) is 8.16. The number of ether oxygens (including phenoxy) is 2. The maximum Gasteiger partial charge on any atom is 0.161 e. The summed E-state index contributed by atoms with van der Waals surface area (Å²) >= 11 is 0. The summed E-state index contributed by atoms with van der Waals surface area (Å²) in [5.41, 5.74) is 0.241. The fraction of sp³-hybridized carbons (Fsp3) is 0.929. The van der Waals surface area contributed by atoms with Gasteiger partial charge in [0.2, 0.25) is 0 Å². The van der Waals surface area contributed by atoms with E-state index in [4.69, 9.17) is 9.47 Å². The standard InChI is InChI=1S/C14H24O3/c1-4-16-13(17-5-2)12-11(9-15)10-6-7-14(12,3)8-10/h9-13H,4-8H2,1-3H3. The van der Waals surface area contributed by atoms with Gasteiger partial charge in [0.05, 0.1) is 0 Å². The van der Waals surface area contributed by atoms with E-state index in [0.717, 1.165) is 12.7 Å². The van der Waals surface area contributed by atoms with Gasteiger partial charge in [0.1, 0.15) is 6.29 Å². The van der Waals surface area contributed by atoms with E-state index in [1.165, 1.54) is 12.8 Å². The minimum Gasteiger partial charge on any atom is -0.353 e. The molecule has 2 saturated carbocycles. The molecule has 2 fully saturated rings. The van der Waals surface area contributed by atoms with Crippen LogP contribution < -0.4 is 0 Å². The molecule has 98 valence electrons. The van der Waals surface area contributed by atoms with Gasteiger partial charge in [-0.15, -0.1) is 0 Å². The molecule has 3 nitrogen and oxygen atoms in total. The lowest BCUT2D eigenvalue weighted by Gasteiger charge is -2.39. The van der Waals surface area contributed by atoms with Crippen molar-refractivity contribution in [1.82, 2.24) is 0 Å². The van der Waals surface area contributed by atoms with Crippen molar-refractivity contribution < 1.29 is 14.3 Å². The molecule has 0 aliphatic heterocycles. The lowest BCUT2D eigenvalue weighted by molar-refractivity contribution is -0.197. The van der Waals surface area contributed by atoms with Crippen molar-refractivity contribution in [2.24, 2.45) is 23.2 Å². The highest BCUT2D eigenvalue weighted by atomic mass is 16.7. The first-order valence-corrected chi connectivity index (χ1v) is 6.84. The second kappa shape index (κ2) is 5.07. The van der Waals surface area contributed by atoms with Crippen LogP contribution in [0.2, 0.25) is 0 Å². The van der Waals surface area contributed by atoms with Crippen LogP contribution in [0.3, 0.4) is 0 Å².